The summed E-state index contributed by atoms with van der Waals surface area (Å²) in [6.45, 7) is 10.0. The van der Waals surface area contributed by atoms with Gasteiger partial charge in [-0.25, -0.2) is 4.98 Å². The molecule has 2 N–H and O–H groups in total. The monoisotopic (exact) mass is 401 g/mol. The van der Waals surface area contributed by atoms with Crippen molar-refractivity contribution in [2.45, 2.75) is 52.6 Å². The summed E-state index contributed by atoms with van der Waals surface area (Å²) in [7, 11) is 0. The molecule has 3 heterocycles. The van der Waals surface area contributed by atoms with Gasteiger partial charge in [-0.3, -0.25) is 9.36 Å². The van der Waals surface area contributed by atoms with E-state index in [-0.39, 0.29) is 23.6 Å². The summed E-state index contributed by atoms with van der Waals surface area (Å²) in [6.07, 6.45) is 5.67. The zero-order valence-corrected chi connectivity index (χ0v) is 17.7. The molecule has 0 spiro atoms. The summed E-state index contributed by atoms with van der Waals surface area (Å²) in [5, 5.41) is 0.836. The number of fused-ring (bicyclic) bond motifs is 1. The van der Waals surface area contributed by atoms with Crippen LogP contribution in [-0.2, 0) is 9.47 Å². The first-order valence-electron chi connectivity index (χ1n) is 10.2. The lowest BCUT2D eigenvalue weighted by molar-refractivity contribution is 0.0428. The van der Waals surface area contributed by atoms with Gasteiger partial charge in [-0.2, -0.15) is 4.98 Å². The molecule has 29 heavy (non-hydrogen) atoms. The average Bonchev–Trinajstić information content (AvgIpc) is 2.71. The number of aromatic nitrogens is 3. The molecule has 1 aliphatic rings. The third kappa shape index (κ3) is 4.43. The maximum atomic E-state index is 13.6. The molecule has 0 amide bonds. The number of hydrogen-bond acceptors (Lipinski definition) is 7. The van der Waals surface area contributed by atoms with Crippen molar-refractivity contribution in [2.24, 2.45) is 0 Å². The third-order valence-electron chi connectivity index (χ3n) is 5.36. The van der Waals surface area contributed by atoms with Crippen molar-refractivity contribution in [3.8, 4) is 0 Å². The highest BCUT2D eigenvalue weighted by Gasteiger charge is 2.25. The topological polar surface area (TPSA) is 95.5 Å². The highest BCUT2D eigenvalue weighted by molar-refractivity contribution is 5.79. The van der Waals surface area contributed by atoms with Crippen LogP contribution in [0.1, 0.15) is 57.0 Å². The average molecular weight is 402 g/mol. The Labute approximate surface area is 171 Å². The van der Waals surface area contributed by atoms with E-state index >= 15 is 0 Å². The van der Waals surface area contributed by atoms with Gasteiger partial charge < -0.3 is 20.1 Å². The molecule has 0 bridgehead atoms. The van der Waals surface area contributed by atoms with Gasteiger partial charge in [0, 0.05) is 24.2 Å². The lowest BCUT2D eigenvalue weighted by Gasteiger charge is -2.30. The van der Waals surface area contributed by atoms with E-state index in [0.29, 0.717) is 31.2 Å². The first kappa shape index (κ1) is 21.3. The molecule has 1 saturated heterocycles. The smallest absolute Gasteiger partial charge is 0.257 e. The molecule has 1 fully saturated rings. The van der Waals surface area contributed by atoms with Crippen LogP contribution in [0.3, 0.4) is 0 Å². The van der Waals surface area contributed by atoms with Crippen LogP contribution >= 0.6 is 0 Å². The number of nitrogens with two attached hydrogens (primary N) is 1. The second-order valence-electron chi connectivity index (χ2n) is 7.34. The van der Waals surface area contributed by atoms with Gasteiger partial charge in [0.25, 0.3) is 5.56 Å². The van der Waals surface area contributed by atoms with E-state index in [1.807, 2.05) is 50.9 Å². The SMILES string of the molecule is C/C=C\N(COCC)C(C)c1cc2c(C)nc(N)nc2n([C@@H]2CCCOC2)c1=O. The molecular weight excluding hydrogens is 370 g/mol. The maximum Gasteiger partial charge on any atom is 0.257 e. The Bertz CT molecular complexity index is 934. The first-order valence-corrected chi connectivity index (χ1v) is 10.2. The molecule has 2 atom stereocenters. The standard InChI is InChI=1S/C21H31N5O3/c1-5-9-25(13-28-6-2)15(4)18-11-17-14(3)23-21(22)24-19(17)26(20(18)27)16-8-7-10-29-12-16/h5,9,11,15-16H,6-8,10,12-13H2,1-4H3,(H2,22,23,24)/b9-5-/t15?,16-/m1/s1. The highest BCUT2D eigenvalue weighted by atomic mass is 16.5. The minimum Gasteiger partial charge on any atom is -0.379 e. The largest absolute Gasteiger partial charge is 0.379 e. The molecule has 1 aliphatic heterocycles. The van der Waals surface area contributed by atoms with Gasteiger partial charge >= 0.3 is 0 Å². The quantitative estimate of drug-likeness (QED) is 0.713. The Morgan fingerprint density at radius 1 is 1.48 bits per heavy atom. The second-order valence-corrected chi connectivity index (χ2v) is 7.34. The normalized spacial score (nSPS) is 18.4. The lowest BCUT2D eigenvalue weighted by Crippen LogP contribution is -2.36. The Morgan fingerprint density at radius 3 is 2.93 bits per heavy atom. The molecule has 2 aromatic heterocycles. The molecule has 2 aromatic rings. The van der Waals surface area contributed by atoms with E-state index in [1.165, 1.54) is 0 Å². The zero-order valence-electron chi connectivity index (χ0n) is 17.7. The Balaban J connectivity index is 2.19. The summed E-state index contributed by atoms with van der Waals surface area (Å²) in [4.78, 5) is 24.4. The molecule has 8 heteroatoms. The maximum absolute atomic E-state index is 13.6. The van der Waals surface area contributed by atoms with E-state index in [4.69, 9.17) is 15.2 Å². The van der Waals surface area contributed by atoms with Crippen molar-refractivity contribution in [3.05, 3.63) is 40.0 Å². The Kier molecular flexibility index (Phi) is 6.87. The van der Waals surface area contributed by atoms with E-state index in [0.717, 1.165) is 30.5 Å². The number of nitrogens with zero attached hydrogens (tertiary/aromatic N) is 4. The van der Waals surface area contributed by atoms with Crippen molar-refractivity contribution in [2.75, 3.05) is 32.3 Å². The van der Waals surface area contributed by atoms with Crippen molar-refractivity contribution >= 4 is 17.0 Å². The Hall–Kier alpha value is -2.45. The number of pyridine rings is 1. The highest BCUT2D eigenvalue weighted by Crippen LogP contribution is 2.27. The minimum atomic E-state index is -0.178. The molecule has 1 unspecified atom stereocenters. The van der Waals surface area contributed by atoms with E-state index in [9.17, 15) is 4.79 Å². The molecule has 0 saturated carbocycles. The van der Waals surface area contributed by atoms with E-state index in [2.05, 4.69) is 9.97 Å². The second kappa shape index (κ2) is 9.37. The van der Waals surface area contributed by atoms with E-state index in [1.54, 1.807) is 4.57 Å². The van der Waals surface area contributed by atoms with Gasteiger partial charge in [0.1, 0.15) is 12.4 Å². The number of hydrogen-bond donors (Lipinski definition) is 1. The van der Waals surface area contributed by atoms with Crippen LogP contribution in [0, 0.1) is 6.92 Å². The van der Waals surface area contributed by atoms with Gasteiger partial charge in [0.15, 0.2) is 0 Å². The summed E-state index contributed by atoms with van der Waals surface area (Å²) >= 11 is 0. The lowest BCUT2D eigenvalue weighted by atomic mass is 10.0. The summed E-state index contributed by atoms with van der Waals surface area (Å²) in [5.41, 5.74) is 7.86. The van der Waals surface area contributed by atoms with Gasteiger partial charge in [-0.05, 0) is 52.8 Å². The van der Waals surface area contributed by atoms with Crippen molar-refractivity contribution < 1.29 is 9.47 Å². The van der Waals surface area contributed by atoms with Gasteiger partial charge in [0.05, 0.1) is 24.4 Å². The predicted molar refractivity (Wildman–Crippen MR) is 114 cm³/mol. The van der Waals surface area contributed by atoms with Gasteiger partial charge in [0.2, 0.25) is 5.95 Å². The number of anilines is 1. The molecule has 158 valence electrons. The van der Waals surface area contributed by atoms with Crippen molar-refractivity contribution in [1.82, 2.24) is 19.4 Å². The third-order valence-corrected chi connectivity index (χ3v) is 5.36. The van der Waals surface area contributed by atoms with Crippen LogP contribution in [0.5, 0.6) is 0 Å². The fourth-order valence-electron chi connectivity index (χ4n) is 3.81. The summed E-state index contributed by atoms with van der Waals surface area (Å²) < 4.78 is 13.0. The number of aryl methyl sites for hydroxylation is 1. The fourth-order valence-corrected chi connectivity index (χ4v) is 3.81. The molecule has 3 rings (SSSR count). The molecule has 8 nitrogen and oxygen atoms in total. The van der Waals surface area contributed by atoms with Crippen LogP contribution in [0.4, 0.5) is 5.95 Å². The van der Waals surface area contributed by atoms with Crippen molar-refractivity contribution in [1.29, 1.82) is 0 Å². The Morgan fingerprint density at radius 2 is 2.28 bits per heavy atom. The number of nitrogen functional groups attached to an aromatic ring is 1. The number of ether oxygens (including phenoxy) is 2. The van der Waals surface area contributed by atoms with Crippen LogP contribution in [0.15, 0.2) is 23.1 Å². The van der Waals surface area contributed by atoms with Crippen LogP contribution in [0.2, 0.25) is 0 Å². The molecule has 0 aromatic carbocycles. The first-order chi connectivity index (χ1) is 14.0. The molecule has 0 aliphatic carbocycles. The van der Waals surface area contributed by atoms with Crippen LogP contribution in [0.25, 0.3) is 11.0 Å². The summed E-state index contributed by atoms with van der Waals surface area (Å²) in [5.74, 6) is 0.174. The van der Waals surface area contributed by atoms with E-state index < -0.39 is 0 Å². The van der Waals surface area contributed by atoms with Crippen LogP contribution in [-0.4, -0.2) is 46.0 Å². The number of allylic oxidation sites excluding steroid dienone is 1. The van der Waals surface area contributed by atoms with Crippen molar-refractivity contribution in [3.63, 3.8) is 0 Å². The van der Waals surface area contributed by atoms with Gasteiger partial charge in [-0.15, -0.1) is 0 Å². The fraction of sp³-hybridized carbons (Fsp3) is 0.571. The zero-order chi connectivity index (χ0) is 21.0. The molecule has 0 radical (unpaired) electrons. The van der Waals surface area contributed by atoms with Crippen LogP contribution < -0.4 is 11.3 Å². The predicted octanol–water partition coefficient (Wildman–Crippen LogP) is 2.92. The minimum absolute atomic E-state index is 0.0657. The number of rotatable bonds is 7. The summed E-state index contributed by atoms with van der Waals surface area (Å²) in [6, 6.07) is 1.66. The molecular formula is C21H31N5O3. The van der Waals surface area contributed by atoms with Gasteiger partial charge in [-0.1, -0.05) is 6.08 Å².